The summed E-state index contributed by atoms with van der Waals surface area (Å²) in [5, 5.41) is 23.1. The van der Waals surface area contributed by atoms with Gasteiger partial charge in [0.05, 0.1) is 21.7 Å². The van der Waals surface area contributed by atoms with Crippen LogP contribution in [-0.2, 0) is 9.53 Å². The Hall–Kier alpha value is -3.93. The van der Waals surface area contributed by atoms with E-state index in [1.54, 1.807) is 24.3 Å². The lowest BCUT2D eigenvalue weighted by Gasteiger charge is -2.18. The highest BCUT2D eigenvalue weighted by molar-refractivity contribution is 5.98. The minimum absolute atomic E-state index is 0.0123. The number of hydrogen-bond acceptors (Lipinski definition) is 7. The third-order valence-corrected chi connectivity index (χ3v) is 4.81. The molecule has 1 amide bonds. The van der Waals surface area contributed by atoms with Gasteiger partial charge in [-0.1, -0.05) is 12.1 Å². The van der Waals surface area contributed by atoms with Gasteiger partial charge in [0.2, 0.25) is 0 Å². The first-order valence-corrected chi connectivity index (χ1v) is 9.45. The smallest absolute Gasteiger partial charge is 0.339 e. The lowest BCUT2D eigenvalue weighted by molar-refractivity contribution is -0.384. The Balaban J connectivity index is 1.71. The second-order valence-electron chi connectivity index (χ2n) is 6.85. The standard InChI is InChI=1S/C21H20N4O5/c1-14(20(26)23-17-7-3-2-6-16(17)13-22)30-21(27)15-8-9-18(19(12-15)25(28)29)24-10-4-5-11-24/h2-3,6-9,12,14H,4-5,10-11H2,1H3,(H,23,26)/t14-/m1/s1. The first-order chi connectivity index (χ1) is 14.4. The quantitative estimate of drug-likeness (QED) is 0.442. The van der Waals surface area contributed by atoms with Crippen LogP contribution in [-0.4, -0.2) is 36.0 Å². The van der Waals surface area contributed by atoms with E-state index in [9.17, 15) is 19.7 Å². The largest absolute Gasteiger partial charge is 0.449 e. The fourth-order valence-corrected chi connectivity index (χ4v) is 3.23. The van der Waals surface area contributed by atoms with E-state index >= 15 is 0 Å². The second-order valence-corrected chi connectivity index (χ2v) is 6.85. The van der Waals surface area contributed by atoms with Crippen molar-refractivity contribution in [3.05, 3.63) is 63.7 Å². The van der Waals surface area contributed by atoms with E-state index in [1.807, 2.05) is 11.0 Å². The number of nitrogens with zero attached hydrogens (tertiary/aromatic N) is 3. The molecule has 1 aliphatic heterocycles. The van der Waals surface area contributed by atoms with Crippen LogP contribution in [0.2, 0.25) is 0 Å². The minimum Gasteiger partial charge on any atom is -0.449 e. The summed E-state index contributed by atoms with van der Waals surface area (Å²) in [7, 11) is 0. The molecule has 1 saturated heterocycles. The molecular formula is C21H20N4O5. The number of amides is 1. The third-order valence-electron chi connectivity index (χ3n) is 4.81. The van der Waals surface area contributed by atoms with E-state index in [1.165, 1.54) is 25.1 Å². The van der Waals surface area contributed by atoms with Crippen molar-refractivity contribution in [1.82, 2.24) is 0 Å². The number of nitrogens with one attached hydrogen (secondary N) is 1. The number of ether oxygens (including phenoxy) is 1. The molecule has 0 saturated carbocycles. The van der Waals surface area contributed by atoms with E-state index in [-0.39, 0.29) is 16.8 Å². The van der Waals surface area contributed by atoms with Crippen LogP contribution in [0.1, 0.15) is 35.7 Å². The molecule has 1 aliphatic rings. The molecule has 1 N–H and O–H groups in total. The maximum Gasteiger partial charge on any atom is 0.339 e. The highest BCUT2D eigenvalue weighted by Crippen LogP contribution is 2.32. The Bertz CT molecular complexity index is 1020. The van der Waals surface area contributed by atoms with E-state index in [0.29, 0.717) is 11.4 Å². The van der Waals surface area contributed by atoms with Gasteiger partial charge in [-0.2, -0.15) is 5.26 Å². The van der Waals surface area contributed by atoms with Crippen LogP contribution in [0.25, 0.3) is 0 Å². The number of hydrogen-bond donors (Lipinski definition) is 1. The van der Waals surface area contributed by atoms with Gasteiger partial charge in [0, 0.05) is 19.2 Å². The molecular weight excluding hydrogens is 388 g/mol. The van der Waals surface area contributed by atoms with E-state index in [0.717, 1.165) is 25.9 Å². The zero-order valence-electron chi connectivity index (χ0n) is 16.3. The molecule has 0 spiro atoms. The first kappa shape index (κ1) is 20.8. The number of esters is 1. The Morgan fingerprint density at radius 3 is 2.60 bits per heavy atom. The van der Waals surface area contributed by atoms with Crippen molar-refractivity contribution >= 4 is 28.9 Å². The molecule has 3 rings (SSSR count). The Kier molecular flexibility index (Phi) is 6.27. The van der Waals surface area contributed by atoms with Gasteiger partial charge in [0.25, 0.3) is 11.6 Å². The van der Waals surface area contributed by atoms with Crippen molar-refractivity contribution in [2.75, 3.05) is 23.3 Å². The Labute approximate surface area is 173 Å². The first-order valence-electron chi connectivity index (χ1n) is 9.45. The molecule has 154 valence electrons. The fourth-order valence-electron chi connectivity index (χ4n) is 3.23. The summed E-state index contributed by atoms with van der Waals surface area (Å²) >= 11 is 0. The van der Waals surface area contributed by atoms with E-state index in [4.69, 9.17) is 10.00 Å². The van der Waals surface area contributed by atoms with Crippen LogP contribution >= 0.6 is 0 Å². The van der Waals surface area contributed by atoms with Gasteiger partial charge in [0.1, 0.15) is 11.8 Å². The Morgan fingerprint density at radius 2 is 1.93 bits per heavy atom. The zero-order valence-corrected chi connectivity index (χ0v) is 16.3. The summed E-state index contributed by atoms with van der Waals surface area (Å²) in [5.74, 6) is -1.46. The molecule has 1 fully saturated rings. The second kappa shape index (κ2) is 9.05. The highest BCUT2D eigenvalue weighted by Gasteiger charge is 2.26. The van der Waals surface area contributed by atoms with Crippen molar-refractivity contribution in [3.63, 3.8) is 0 Å². The molecule has 1 atom stereocenters. The van der Waals surface area contributed by atoms with Crippen molar-refractivity contribution in [2.45, 2.75) is 25.9 Å². The molecule has 9 heteroatoms. The van der Waals surface area contributed by atoms with Crippen LogP contribution in [0.15, 0.2) is 42.5 Å². The Morgan fingerprint density at radius 1 is 1.23 bits per heavy atom. The fraction of sp³-hybridized carbons (Fsp3) is 0.286. The SMILES string of the molecule is C[C@@H](OC(=O)c1ccc(N2CCCC2)c([N+](=O)[O-])c1)C(=O)Nc1ccccc1C#N. The average molecular weight is 408 g/mol. The summed E-state index contributed by atoms with van der Waals surface area (Å²) in [5.41, 5.74) is 0.858. The molecule has 0 bridgehead atoms. The number of rotatable bonds is 6. The molecule has 9 nitrogen and oxygen atoms in total. The molecule has 30 heavy (non-hydrogen) atoms. The predicted octanol–water partition coefficient (Wildman–Crippen LogP) is 3.25. The van der Waals surface area contributed by atoms with Crippen LogP contribution in [0.3, 0.4) is 0 Å². The van der Waals surface area contributed by atoms with E-state index in [2.05, 4.69) is 5.32 Å². The summed E-state index contributed by atoms with van der Waals surface area (Å²) < 4.78 is 5.17. The van der Waals surface area contributed by atoms with Gasteiger partial charge in [-0.05, 0) is 44.0 Å². The van der Waals surface area contributed by atoms with Gasteiger partial charge in [-0.25, -0.2) is 4.79 Å². The van der Waals surface area contributed by atoms with E-state index < -0.39 is 22.9 Å². The van der Waals surface area contributed by atoms with Gasteiger partial charge in [0.15, 0.2) is 6.10 Å². The number of nitro benzene ring substituents is 1. The monoisotopic (exact) mass is 408 g/mol. The number of anilines is 2. The van der Waals surface area contributed by atoms with Gasteiger partial charge >= 0.3 is 5.97 Å². The van der Waals surface area contributed by atoms with Crippen LogP contribution in [0.5, 0.6) is 0 Å². The summed E-state index contributed by atoms with van der Waals surface area (Å²) in [4.78, 5) is 37.7. The lowest BCUT2D eigenvalue weighted by Crippen LogP contribution is -2.30. The van der Waals surface area contributed by atoms with Gasteiger partial charge < -0.3 is 15.0 Å². The average Bonchev–Trinajstić information content (AvgIpc) is 3.28. The van der Waals surface area contributed by atoms with Crippen LogP contribution in [0, 0.1) is 21.4 Å². The van der Waals surface area contributed by atoms with Crippen LogP contribution < -0.4 is 10.2 Å². The lowest BCUT2D eigenvalue weighted by atomic mass is 10.1. The number of para-hydroxylation sites is 1. The molecule has 1 heterocycles. The third kappa shape index (κ3) is 4.55. The topological polar surface area (TPSA) is 126 Å². The molecule has 2 aromatic carbocycles. The summed E-state index contributed by atoms with van der Waals surface area (Å²) in [6.07, 6.45) is 0.756. The number of carbonyl (C=O) groups is 2. The summed E-state index contributed by atoms with van der Waals surface area (Å²) in [6.45, 7) is 2.84. The van der Waals surface area contributed by atoms with Crippen LogP contribution in [0.4, 0.5) is 17.1 Å². The van der Waals surface area contributed by atoms with Crippen molar-refractivity contribution in [3.8, 4) is 6.07 Å². The van der Waals surface area contributed by atoms with Gasteiger partial charge in [-0.3, -0.25) is 14.9 Å². The van der Waals surface area contributed by atoms with Crippen molar-refractivity contribution in [2.24, 2.45) is 0 Å². The molecule has 0 aliphatic carbocycles. The maximum atomic E-state index is 12.5. The normalized spacial score (nSPS) is 13.9. The predicted molar refractivity (Wildman–Crippen MR) is 109 cm³/mol. The number of carbonyl (C=O) groups excluding carboxylic acids is 2. The highest BCUT2D eigenvalue weighted by atomic mass is 16.6. The molecule has 0 aromatic heterocycles. The van der Waals surface area contributed by atoms with Crippen molar-refractivity contribution in [1.29, 1.82) is 5.26 Å². The minimum atomic E-state index is -1.17. The summed E-state index contributed by atoms with van der Waals surface area (Å²) in [6, 6.07) is 12.6. The molecule has 0 radical (unpaired) electrons. The maximum absolute atomic E-state index is 12.5. The van der Waals surface area contributed by atoms with Gasteiger partial charge in [-0.15, -0.1) is 0 Å². The zero-order chi connectivity index (χ0) is 21.7. The molecule has 2 aromatic rings. The molecule has 0 unspecified atom stereocenters. The number of nitro groups is 1. The number of benzene rings is 2. The number of nitriles is 1. The van der Waals surface area contributed by atoms with Crippen molar-refractivity contribution < 1.29 is 19.2 Å².